The molecule has 0 saturated heterocycles. The van der Waals surface area contributed by atoms with Crippen LogP contribution in [0.25, 0.3) is 0 Å². The summed E-state index contributed by atoms with van der Waals surface area (Å²) in [5.74, 6) is 4.83. The third-order valence-corrected chi connectivity index (χ3v) is 5.84. The second-order valence-corrected chi connectivity index (χ2v) is 5.89. The Labute approximate surface area is 86.1 Å². The highest BCUT2D eigenvalue weighted by Crippen LogP contribution is 2.72. The first-order valence-electron chi connectivity index (χ1n) is 6.18. The molecule has 0 aromatic rings. The van der Waals surface area contributed by atoms with Crippen molar-refractivity contribution in [1.82, 2.24) is 0 Å². The summed E-state index contributed by atoms with van der Waals surface area (Å²) in [4.78, 5) is 0. The highest BCUT2D eigenvalue weighted by Gasteiger charge is 2.65. The van der Waals surface area contributed by atoms with E-state index in [1.807, 2.05) is 0 Å². The zero-order chi connectivity index (χ0) is 9.34. The Morgan fingerprint density at radius 2 is 2.14 bits per heavy atom. The van der Waals surface area contributed by atoms with E-state index in [-0.39, 0.29) is 0 Å². The van der Waals surface area contributed by atoms with Crippen LogP contribution in [0.2, 0.25) is 0 Å². The second kappa shape index (κ2) is 2.18. The Morgan fingerprint density at radius 1 is 1.21 bits per heavy atom. The summed E-state index contributed by atoms with van der Waals surface area (Å²) in [6, 6.07) is 0. The van der Waals surface area contributed by atoms with Crippen molar-refractivity contribution in [2.24, 2.45) is 35.0 Å². The molecule has 0 N–H and O–H groups in total. The summed E-state index contributed by atoms with van der Waals surface area (Å²) in [7, 11) is 0. The van der Waals surface area contributed by atoms with E-state index in [4.69, 9.17) is 0 Å². The van der Waals surface area contributed by atoms with Gasteiger partial charge in [0.05, 0.1) is 0 Å². The van der Waals surface area contributed by atoms with Crippen LogP contribution >= 0.6 is 0 Å². The molecule has 0 radical (unpaired) electrons. The van der Waals surface area contributed by atoms with Crippen molar-refractivity contribution in [2.75, 3.05) is 0 Å². The van der Waals surface area contributed by atoms with Crippen molar-refractivity contribution in [2.45, 2.75) is 25.7 Å². The predicted octanol–water partition coefficient (Wildman–Crippen LogP) is 3.41. The van der Waals surface area contributed by atoms with Gasteiger partial charge in [-0.1, -0.05) is 18.2 Å². The SMILES string of the molecule is C=CC12C3C=CC(C3)C1C1CCC2C1. The van der Waals surface area contributed by atoms with Crippen molar-refractivity contribution < 1.29 is 0 Å². The molecule has 14 heavy (non-hydrogen) atoms. The molecule has 6 atom stereocenters. The molecular weight excluding hydrogens is 168 g/mol. The van der Waals surface area contributed by atoms with Crippen molar-refractivity contribution in [3.8, 4) is 0 Å². The van der Waals surface area contributed by atoms with Gasteiger partial charge < -0.3 is 0 Å². The molecule has 4 bridgehead atoms. The molecule has 0 aliphatic heterocycles. The van der Waals surface area contributed by atoms with Crippen LogP contribution < -0.4 is 0 Å². The van der Waals surface area contributed by atoms with Crippen molar-refractivity contribution in [3.63, 3.8) is 0 Å². The Balaban J connectivity index is 1.91. The van der Waals surface area contributed by atoms with Gasteiger partial charge in [0.2, 0.25) is 0 Å². The minimum Gasteiger partial charge on any atom is -0.102 e. The lowest BCUT2D eigenvalue weighted by Crippen LogP contribution is -2.37. The maximum Gasteiger partial charge on any atom is 0.000681 e. The van der Waals surface area contributed by atoms with Gasteiger partial charge in [0, 0.05) is 5.41 Å². The Kier molecular flexibility index (Phi) is 1.20. The maximum absolute atomic E-state index is 4.18. The average molecular weight is 186 g/mol. The smallest absolute Gasteiger partial charge is 0.000681 e. The number of allylic oxidation sites excluding steroid dienone is 3. The monoisotopic (exact) mass is 186 g/mol. The summed E-state index contributed by atoms with van der Waals surface area (Å²) in [6.07, 6.45) is 13.3. The molecule has 3 fully saturated rings. The lowest BCUT2D eigenvalue weighted by atomic mass is 9.61. The van der Waals surface area contributed by atoms with E-state index in [0.717, 1.165) is 29.6 Å². The average Bonchev–Trinajstić information content (AvgIpc) is 2.95. The van der Waals surface area contributed by atoms with Gasteiger partial charge in [-0.05, 0) is 55.3 Å². The summed E-state index contributed by atoms with van der Waals surface area (Å²) >= 11 is 0. The lowest BCUT2D eigenvalue weighted by molar-refractivity contribution is 0.121. The van der Waals surface area contributed by atoms with Crippen molar-refractivity contribution >= 4 is 0 Å². The molecule has 74 valence electrons. The number of fused-ring (bicyclic) bond motifs is 9. The Morgan fingerprint density at radius 3 is 2.93 bits per heavy atom. The van der Waals surface area contributed by atoms with Gasteiger partial charge in [0.15, 0.2) is 0 Å². The number of rotatable bonds is 1. The van der Waals surface area contributed by atoms with Gasteiger partial charge in [-0.2, -0.15) is 0 Å². The van der Waals surface area contributed by atoms with E-state index in [0.29, 0.717) is 5.41 Å². The third kappa shape index (κ3) is 0.584. The van der Waals surface area contributed by atoms with Gasteiger partial charge in [-0.15, -0.1) is 6.58 Å². The van der Waals surface area contributed by atoms with Gasteiger partial charge in [-0.3, -0.25) is 0 Å². The minimum atomic E-state index is 0.558. The number of hydrogen-bond donors (Lipinski definition) is 0. The summed E-state index contributed by atoms with van der Waals surface area (Å²) < 4.78 is 0. The normalized spacial score (nSPS) is 62.1. The van der Waals surface area contributed by atoms with E-state index in [1.54, 1.807) is 0 Å². The number of hydrogen-bond acceptors (Lipinski definition) is 0. The van der Waals surface area contributed by atoms with E-state index in [9.17, 15) is 0 Å². The summed E-state index contributed by atoms with van der Waals surface area (Å²) in [6.45, 7) is 4.18. The molecule has 0 heterocycles. The van der Waals surface area contributed by atoms with E-state index < -0.39 is 0 Å². The molecule has 4 rings (SSSR count). The predicted molar refractivity (Wildman–Crippen MR) is 57.7 cm³/mol. The molecule has 0 nitrogen and oxygen atoms in total. The molecular formula is C14H18. The summed E-state index contributed by atoms with van der Waals surface area (Å²) in [5, 5.41) is 0. The topological polar surface area (TPSA) is 0 Å². The van der Waals surface area contributed by atoms with Crippen LogP contribution in [0, 0.1) is 35.0 Å². The van der Waals surface area contributed by atoms with E-state index in [2.05, 4.69) is 24.8 Å². The third-order valence-electron chi connectivity index (χ3n) is 5.84. The fraction of sp³-hybridized carbons (Fsp3) is 0.714. The molecule has 4 aliphatic rings. The zero-order valence-corrected chi connectivity index (χ0v) is 8.65. The zero-order valence-electron chi connectivity index (χ0n) is 8.65. The maximum atomic E-state index is 4.18. The van der Waals surface area contributed by atoms with E-state index in [1.165, 1.54) is 25.7 Å². The largest absolute Gasteiger partial charge is 0.102 e. The molecule has 0 heteroatoms. The lowest BCUT2D eigenvalue weighted by Gasteiger charge is -2.43. The van der Waals surface area contributed by atoms with Crippen molar-refractivity contribution in [3.05, 3.63) is 24.8 Å². The van der Waals surface area contributed by atoms with Crippen LogP contribution in [0.1, 0.15) is 25.7 Å². The van der Waals surface area contributed by atoms with Crippen LogP contribution in [-0.4, -0.2) is 0 Å². The van der Waals surface area contributed by atoms with E-state index >= 15 is 0 Å². The second-order valence-electron chi connectivity index (χ2n) is 5.89. The van der Waals surface area contributed by atoms with Crippen LogP contribution in [-0.2, 0) is 0 Å². The Bertz CT molecular complexity index is 327. The molecule has 0 aromatic heterocycles. The first-order valence-corrected chi connectivity index (χ1v) is 6.18. The Hall–Kier alpha value is -0.520. The van der Waals surface area contributed by atoms with Crippen LogP contribution in [0.3, 0.4) is 0 Å². The quantitative estimate of drug-likeness (QED) is 0.435. The molecule has 0 spiro atoms. The van der Waals surface area contributed by atoms with Gasteiger partial charge in [-0.25, -0.2) is 0 Å². The first kappa shape index (κ1) is 7.73. The molecule has 4 aliphatic carbocycles. The summed E-state index contributed by atoms with van der Waals surface area (Å²) in [5.41, 5.74) is 0.558. The fourth-order valence-electron chi connectivity index (χ4n) is 5.57. The molecule has 0 aromatic carbocycles. The van der Waals surface area contributed by atoms with Crippen LogP contribution in [0.15, 0.2) is 24.8 Å². The van der Waals surface area contributed by atoms with Gasteiger partial charge in [0.1, 0.15) is 0 Å². The molecule has 0 amide bonds. The first-order chi connectivity index (χ1) is 6.86. The minimum absolute atomic E-state index is 0.558. The highest BCUT2D eigenvalue weighted by molar-refractivity contribution is 5.29. The highest BCUT2D eigenvalue weighted by atomic mass is 14.7. The van der Waals surface area contributed by atoms with Crippen LogP contribution in [0.5, 0.6) is 0 Å². The van der Waals surface area contributed by atoms with Crippen LogP contribution in [0.4, 0.5) is 0 Å². The molecule has 6 unspecified atom stereocenters. The van der Waals surface area contributed by atoms with Crippen molar-refractivity contribution in [1.29, 1.82) is 0 Å². The fourth-order valence-corrected chi connectivity index (χ4v) is 5.57. The molecule has 3 saturated carbocycles. The van der Waals surface area contributed by atoms with Gasteiger partial charge >= 0.3 is 0 Å². The van der Waals surface area contributed by atoms with Gasteiger partial charge in [0.25, 0.3) is 0 Å². The standard InChI is InChI=1S/C14H18/c1-2-14-11-5-3-9(7-11)13(14)10-4-6-12(14)8-10/h2-3,5,9-13H,1,4,6-8H2.